The van der Waals surface area contributed by atoms with Crippen LogP contribution < -0.4 is 9.64 Å². The molecule has 158 valence electrons. The van der Waals surface area contributed by atoms with Crippen LogP contribution in [-0.4, -0.2) is 48.6 Å². The van der Waals surface area contributed by atoms with Crippen molar-refractivity contribution in [3.63, 3.8) is 0 Å². The van der Waals surface area contributed by atoms with Crippen LogP contribution in [0.1, 0.15) is 18.5 Å². The van der Waals surface area contributed by atoms with E-state index in [-0.39, 0.29) is 22.9 Å². The number of anilines is 1. The molecule has 1 aliphatic rings. The lowest BCUT2D eigenvalue weighted by atomic mass is 10.2. The van der Waals surface area contributed by atoms with Crippen LogP contribution >= 0.6 is 11.6 Å². The quantitative estimate of drug-likeness (QED) is 0.576. The Hall–Kier alpha value is -2.78. The second-order valence-electron chi connectivity index (χ2n) is 7.09. The number of fused-ring (bicyclic) bond motifs is 2. The van der Waals surface area contributed by atoms with Gasteiger partial charge >= 0.3 is 5.97 Å². The van der Waals surface area contributed by atoms with Gasteiger partial charge in [-0.2, -0.15) is 0 Å². The number of carboxylic acids is 1. The highest BCUT2D eigenvalue weighted by Gasteiger charge is 2.26. The molecule has 0 bridgehead atoms. The van der Waals surface area contributed by atoms with E-state index in [0.29, 0.717) is 35.5 Å². The molecule has 0 amide bonds. The molecule has 0 atom stereocenters. The SMILES string of the molecule is CN1CCOc2cc(S(=O)(=O)n3c(CCCC(=O)O)cc4nc(Cl)ccc43)ccc21. The molecule has 1 aliphatic heterocycles. The van der Waals surface area contributed by atoms with Crippen molar-refractivity contribution in [1.29, 1.82) is 0 Å². The zero-order chi connectivity index (χ0) is 21.5. The van der Waals surface area contributed by atoms with Gasteiger partial charge in [0, 0.05) is 25.2 Å². The molecular weight excluding hydrogens is 430 g/mol. The summed E-state index contributed by atoms with van der Waals surface area (Å²) in [5.74, 6) is -0.424. The first kappa shape index (κ1) is 20.5. The zero-order valence-electron chi connectivity index (χ0n) is 16.2. The summed E-state index contributed by atoms with van der Waals surface area (Å²) >= 11 is 5.98. The van der Waals surface area contributed by atoms with Crippen molar-refractivity contribution in [2.45, 2.75) is 24.2 Å². The fourth-order valence-corrected chi connectivity index (χ4v) is 5.30. The van der Waals surface area contributed by atoms with Gasteiger partial charge in [0.25, 0.3) is 10.0 Å². The number of carboxylic acid groups (broad SMARTS) is 1. The fourth-order valence-electron chi connectivity index (χ4n) is 3.57. The minimum absolute atomic E-state index is 0.0607. The van der Waals surface area contributed by atoms with E-state index in [9.17, 15) is 13.2 Å². The van der Waals surface area contributed by atoms with Crippen LogP contribution in [0.4, 0.5) is 5.69 Å². The van der Waals surface area contributed by atoms with Crippen LogP contribution in [0, 0.1) is 0 Å². The van der Waals surface area contributed by atoms with E-state index in [0.717, 1.165) is 12.2 Å². The molecule has 0 aliphatic carbocycles. The third-order valence-corrected chi connectivity index (χ3v) is 7.01. The zero-order valence-corrected chi connectivity index (χ0v) is 17.8. The molecule has 3 aromatic rings. The van der Waals surface area contributed by atoms with E-state index in [2.05, 4.69) is 4.98 Å². The van der Waals surface area contributed by atoms with E-state index in [4.69, 9.17) is 21.4 Å². The third kappa shape index (κ3) is 3.70. The second-order valence-corrected chi connectivity index (χ2v) is 9.26. The summed E-state index contributed by atoms with van der Waals surface area (Å²) in [6.07, 6.45) is 0.505. The van der Waals surface area contributed by atoms with Crippen LogP contribution in [0.25, 0.3) is 11.0 Å². The number of pyridine rings is 1. The maximum Gasteiger partial charge on any atom is 0.303 e. The molecule has 1 aromatic carbocycles. The molecular formula is C20H20ClN3O5S. The predicted octanol–water partition coefficient (Wildman–Crippen LogP) is 3.16. The Balaban J connectivity index is 1.83. The fraction of sp³-hybridized carbons (Fsp3) is 0.300. The lowest BCUT2D eigenvalue weighted by Crippen LogP contribution is -2.29. The maximum absolute atomic E-state index is 13.6. The highest BCUT2D eigenvalue weighted by molar-refractivity contribution is 7.90. The highest BCUT2D eigenvalue weighted by Crippen LogP contribution is 2.35. The Morgan fingerprint density at radius 1 is 1.27 bits per heavy atom. The Bertz CT molecular complexity index is 1240. The van der Waals surface area contributed by atoms with Gasteiger partial charge in [0.15, 0.2) is 0 Å². The number of carbonyl (C=O) groups is 1. The Morgan fingerprint density at radius 3 is 2.83 bits per heavy atom. The molecule has 4 rings (SSSR count). The number of nitrogens with zero attached hydrogens (tertiary/aromatic N) is 3. The minimum atomic E-state index is -3.98. The van der Waals surface area contributed by atoms with Gasteiger partial charge < -0.3 is 14.7 Å². The number of aryl methyl sites for hydroxylation is 1. The first-order valence-corrected chi connectivity index (χ1v) is 11.2. The molecule has 3 heterocycles. The summed E-state index contributed by atoms with van der Waals surface area (Å²) in [4.78, 5) is 17.2. The molecule has 2 aromatic heterocycles. The van der Waals surface area contributed by atoms with Crippen LogP contribution in [-0.2, 0) is 21.2 Å². The van der Waals surface area contributed by atoms with E-state index in [1.54, 1.807) is 24.3 Å². The molecule has 30 heavy (non-hydrogen) atoms. The third-order valence-electron chi connectivity index (χ3n) is 5.04. The summed E-state index contributed by atoms with van der Waals surface area (Å²) in [6, 6.07) is 9.58. The Morgan fingerprint density at radius 2 is 2.07 bits per heavy atom. The summed E-state index contributed by atoms with van der Waals surface area (Å²) in [6.45, 7) is 1.20. The van der Waals surface area contributed by atoms with Crippen molar-refractivity contribution in [1.82, 2.24) is 8.96 Å². The lowest BCUT2D eigenvalue weighted by molar-refractivity contribution is -0.137. The van der Waals surface area contributed by atoms with Crippen LogP contribution in [0.5, 0.6) is 5.75 Å². The van der Waals surface area contributed by atoms with Crippen molar-refractivity contribution < 1.29 is 23.1 Å². The summed E-state index contributed by atoms with van der Waals surface area (Å²) in [7, 11) is -2.06. The highest BCUT2D eigenvalue weighted by atomic mass is 35.5. The molecule has 0 saturated carbocycles. The van der Waals surface area contributed by atoms with Gasteiger partial charge in [0.05, 0.1) is 28.2 Å². The maximum atomic E-state index is 13.6. The smallest absolute Gasteiger partial charge is 0.303 e. The average Bonchev–Trinajstić information content (AvgIpc) is 3.05. The number of halogens is 1. The molecule has 0 unspecified atom stereocenters. The molecule has 8 nitrogen and oxygen atoms in total. The number of aromatic nitrogens is 2. The van der Waals surface area contributed by atoms with Gasteiger partial charge in [-0.05, 0) is 43.2 Å². The largest absolute Gasteiger partial charge is 0.490 e. The van der Waals surface area contributed by atoms with Gasteiger partial charge in [-0.3, -0.25) is 4.79 Å². The van der Waals surface area contributed by atoms with Crippen LogP contribution in [0.3, 0.4) is 0 Å². The van der Waals surface area contributed by atoms with Crippen LogP contribution in [0.15, 0.2) is 41.3 Å². The number of rotatable bonds is 6. The molecule has 0 fully saturated rings. The number of likely N-dealkylation sites (N-methyl/N-ethyl adjacent to an activating group) is 1. The standard InChI is InChI=1S/C20H20ClN3O5S/c1-23-9-10-29-18-12-14(5-6-17(18)23)30(27,28)24-13(3-2-4-20(25)26)11-15-16(24)7-8-19(21)22-15/h5-8,11-12H,2-4,9-10H2,1H3,(H,25,26). The normalized spacial score (nSPS) is 13.9. The topological polar surface area (TPSA) is 102 Å². The Kier molecular flexibility index (Phi) is 5.33. The summed E-state index contributed by atoms with van der Waals surface area (Å²) in [5.41, 5.74) is 2.11. The van der Waals surface area contributed by atoms with Crippen molar-refractivity contribution in [2.75, 3.05) is 25.1 Å². The van der Waals surface area contributed by atoms with Crippen molar-refractivity contribution in [3.8, 4) is 5.75 Å². The van der Waals surface area contributed by atoms with Gasteiger partial charge in [0.2, 0.25) is 0 Å². The van der Waals surface area contributed by atoms with Crippen molar-refractivity contribution >= 4 is 44.3 Å². The average molecular weight is 450 g/mol. The number of aliphatic carboxylic acids is 1. The number of hydrogen-bond donors (Lipinski definition) is 1. The molecule has 1 N–H and O–H groups in total. The minimum Gasteiger partial charge on any atom is -0.490 e. The first-order valence-electron chi connectivity index (χ1n) is 9.39. The van der Waals surface area contributed by atoms with Crippen LogP contribution in [0.2, 0.25) is 5.15 Å². The molecule has 10 heteroatoms. The Labute approximate surface area is 178 Å². The van der Waals surface area contributed by atoms with E-state index < -0.39 is 16.0 Å². The van der Waals surface area contributed by atoms with Crippen molar-refractivity contribution in [2.24, 2.45) is 0 Å². The van der Waals surface area contributed by atoms with Gasteiger partial charge in [-0.25, -0.2) is 17.4 Å². The monoisotopic (exact) mass is 449 g/mol. The molecule has 0 spiro atoms. The number of hydrogen-bond acceptors (Lipinski definition) is 6. The molecule has 0 radical (unpaired) electrons. The predicted molar refractivity (Wildman–Crippen MR) is 113 cm³/mol. The summed E-state index contributed by atoms with van der Waals surface area (Å²) < 4.78 is 34.1. The van der Waals surface area contributed by atoms with E-state index in [1.165, 1.54) is 16.1 Å². The first-order chi connectivity index (χ1) is 14.3. The number of benzene rings is 1. The van der Waals surface area contributed by atoms with Gasteiger partial charge in [-0.1, -0.05) is 11.6 Å². The lowest BCUT2D eigenvalue weighted by Gasteiger charge is -2.28. The number of ether oxygens (including phenoxy) is 1. The van der Waals surface area contributed by atoms with Crippen molar-refractivity contribution in [3.05, 3.63) is 47.2 Å². The van der Waals surface area contributed by atoms with Gasteiger partial charge in [0.1, 0.15) is 17.5 Å². The second kappa shape index (κ2) is 7.81. The van der Waals surface area contributed by atoms with Gasteiger partial charge in [-0.15, -0.1) is 0 Å². The van der Waals surface area contributed by atoms with E-state index >= 15 is 0 Å². The molecule has 0 saturated heterocycles. The van der Waals surface area contributed by atoms with E-state index in [1.807, 2.05) is 11.9 Å². The summed E-state index contributed by atoms with van der Waals surface area (Å²) in [5, 5.41) is 9.19.